The lowest BCUT2D eigenvalue weighted by Gasteiger charge is -2.08. The summed E-state index contributed by atoms with van der Waals surface area (Å²) < 4.78 is 0. The Morgan fingerprint density at radius 1 is 1.41 bits per heavy atom. The highest BCUT2D eigenvalue weighted by molar-refractivity contribution is 6.39. The minimum atomic E-state index is 0.258. The largest absolute Gasteiger partial charge is 0.370 e. The first kappa shape index (κ1) is 13.6. The molecule has 0 aromatic heterocycles. The summed E-state index contributed by atoms with van der Waals surface area (Å²) in [5.41, 5.74) is 6.25. The summed E-state index contributed by atoms with van der Waals surface area (Å²) in [6, 6.07) is 5.21. The minimum Gasteiger partial charge on any atom is -0.370 e. The molecule has 0 aliphatic carbocycles. The Kier molecular flexibility index (Phi) is 5.60. The molecular weight excluding hydrogens is 257 g/mol. The Morgan fingerprint density at radius 2 is 2.06 bits per heavy atom. The second-order valence-corrected chi connectivity index (χ2v) is 3.93. The molecular formula is C12H13Cl2N3. The van der Waals surface area contributed by atoms with Gasteiger partial charge in [-0.15, -0.1) is 0 Å². The maximum absolute atomic E-state index is 5.97. The van der Waals surface area contributed by atoms with Gasteiger partial charge in [0.15, 0.2) is 5.96 Å². The standard InChI is InChI=1S/C12H13Cl2N3/c1-2-3-4-8-16-12(15)17-11-9(13)6-5-7-10(11)14/h2-7H,1,8H2,(H3,15,16,17). The number of hydrogen-bond acceptors (Lipinski definition) is 1. The lowest BCUT2D eigenvalue weighted by Crippen LogP contribution is -2.23. The van der Waals surface area contributed by atoms with Gasteiger partial charge in [0, 0.05) is 0 Å². The number of nitrogens with zero attached hydrogens (tertiary/aromatic N) is 1. The van der Waals surface area contributed by atoms with E-state index in [4.69, 9.17) is 28.9 Å². The maximum atomic E-state index is 5.97. The number of anilines is 1. The van der Waals surface area contributed by atoms with E-state index in [-0.39, 0.29) is 5.96 Å². The zero-order valence-corrected chi connectivity index (χ0v) is 10.7. The monoisotopic (exact) mass is 269 g/mol. The van der Waals surface area contributed by atoms with Crippen LogP contribution < -0.4 is 11.1 Å². The lowest BCUT2D eigenvalue weighted by atomic mass is 10.3. The van der Waals surface area contributed by atoms with E-state index in [1.165, 1.54) is 0 Å². The molecule has 3 nitrogen and oxygen atoms in total. The Bertz CT molecular complexity index is 433. The molecule has 1 aromatic carbocycles. The first-order chi connectivity index (χ1) is 8.15. The van der Waals surface area contributed by atoms with Crippen LogP contribution in [0.5, 0.6) is 0 Å². The van der Waals surface area contributed by atoms with Crippen molar-refractivity contribution in [1.29, 1.82) is 0 Å². The summed E-state index contributed by atoms with van der Waals surface area (Å²) in [5, 5.41) is 3.85. The molecule has 0 amide bonds. The van der Waals surface area contributed by atoms with Crippen LogP contribution in [0.15, 0.2) is 48.0 Å². The zero-order valence-electron chi connectivity index (χ0n) is 9.16. The summed E-state index contributed by atoms with van der Waals surface area (Å²) in [6.45, 7) is 4.02. The van der Waals surface area contributed by atoms with Gasteiger partial charge in [-0.25, -0.2) is 4.99 Å². The Hall–Kier alpha value is -1.45. The first-order valence-corrected chi connectivity index (χ1v) is 5.69. The third-order valence-electron chi connectivity index (χ3n) is 1.86. The number of para-hydroxylation sites is 1. The van der Waals surface area contributed by atoms with Crippen molar-refractivity contribution < 1.29 is 0 Å². The summed E-state index contributed by atoms with van der Waals surface area (Å²) in [7, 11) is 0. The van der Waals surface area contributed by atoms with Gasteiger partial charge in [0.05, 0.1) is 22.3 Å². The first-order valence-electron chi connectivity index (χ1n) is 4.93. The Labute approximate surface area is 111 Å². The number of allylic oxidation sites excluding steroid dienone is 2. The van der Waals surface area contributed by atoms with E-state index >= 15 is 0 Å². The molecule has 0 aliphatic rings. The average Bonchev–Trinajstić information content (AvgIpc) is 2.30. The third kappa shape index (κ3) is 4.51. The van der Waals surface area contributed by atoms with Crippen molar-refractivity contribution in [2.45, 2.75) is 0 Å². The molecule has 3 N–H and O–H groups in total. The lowest BCUT2D eigenvalue weighted by molar-refractivity contribution is 1.22. The van der Waals surface area contributed by atoms with Crippen LogP contribution >= 0.6 is 23.2 Å². The van der Waals surface area contributed by atoms with Gasteiger partial charge in [-0.3, -0.25) is 0 Å². The fraction of sp³-hybridized carbons (Fsp3) is 0.0833. The van der Waals surface area contributed by atoms with Crippen LogP contribution in [0.2, 0.25) is 10.0 Å². The van der Waals surface area contributed by atoms with Gasteiger partial charge in [0.2, 0.25) is 0 Å². The molecule has 90 valence electrons. The number of benzene rings is 1. The summed E-state index contributed by atoms with van der Waals surface area (Å²) in [4.78, 5) is 4.07. The maximum Gasteiger partial charge on any atom is 0.193 e. The molecule has 0 fully saturated rings. The average molecular weight is 270 g/mol. The van der Waals surface area contributed by atoms with E-state index in [0.29, 0.717) is 22.3 Å². The fourth-order valence-electron chi connectivity index (χ4n) is 1.09. The summed E-state index contributed by atoms with van der Waals surface area (Å²) in [5.74, 6) is 0.258. The molecule has 0 heterocycles. The zero-order chi connectivity index (χ0) is 12.7. The normalized spacial score (nSPS) is 11.8. The highest BCUT2D eigenvalue weighted by Crippen LogP contribution is 2.29. The van der Waals surface area contributed by atoms with E-state index in [0.717, 1.165) is 0 Å². The molecule has 0 atom stereocenters. The fourth-order valence-corrected chi connectivity index (χ4v) is 1.58. The molecule has 0 bridgehead atoms. The Balaban J connectivity index is 2.70. The van der Waals surface area contributed by atoms with Gasteiger partial charge >= 0.3 is 0 Å². The molecule has 1 rings (SSSR count). The van der Waals surface area contributed by atoms with Crippen LogP contribution in [0.3, 0.4) is 0 Å². The predicted octanol–water partition coefficient (Wildman–Crippen LogP) is 3.46. The van der Waals surface area contributed by atoms with Crippen LogP contribution in [0.25, 0.3) is 0 Å². The second-order valence-electron chi connectivity index (χ2n) is 3.11. The molecule has 0 spiro atoms. The highest BCUT2D eigenvalue weighted by atomic mass is 35.5. The van der Waals surface area contributed by atoms with E-state index < -0.39 is 0 Å². The van der Waals surface area contributed by atoms with E-state index in [9.17, 15) is 0 Å². The van der Waals surface area contributed by atoms with Crippen LogP contribution in [0, 0.1) is 0 Å². The molecule has 1 aromatic rings. The van der Waals surface area contributed by atoms with Gasteiger partial charge in [-0.05, 0) is 12.1 Å². The topological polar surface area (TPSA) is 50.4 Å². The number of nitrogens with two attached hydrogens (primary N) is 1. The quantitative estimate of drug-likeness (QED) is 0.500. The van der Waals surface area contributed by atoms with Gasteiger partial charge in [-0.1, -0.05) is 54.1 Å². The van der Waals surface area contributed by atoms with Crippen molar-refractivity contribution in [3.63, 3.8) is 0 Å². The van der Waals surface area contributed by atoms with Crippen molar-refractivity contribution in [2.24, 2.45) is 10.7 Å². The second kappa shape index (κ2) is 6.99. The van der Waals surface area contributed by atoms with Crippen molar-refractivity contribution in [2.75, 3.05) is 11.9 Å². The molecule has 0 saturated heterocycles. The molecule has 0 aliphatic heterocycles. The van der Waals surface area contributed by atoms with Gasteiger partial charge in [0.1, 0.15) is 0 Å². The molecule has 0 saturated carbocycles. The molecule has 17 heavy (non-hydrogen) atoms. The molecule has 0 unspecified atom stereocenters. The van der Waals surface area contributed by atoms with Crippen molar-refractivity contribution in [3.05, 3.63) is 53.1 Å². The van der Waals surface area contributed by atoms with E-state index in [1.54, 1.807) is 30.4 Å². The smallest absolute Gasteiger partial charge is 0.193 e. The van der Waals surface area contributed by atoms with Crippen LogP contribution in [-0.4, -0.2) is 12.5 Å². The van der Waals surface area contributed by atoms with Crippen LogP contribution in [-0.2, 0) is 0 Å². The van der Waals surface area contributed by atoms with Gasteiger partial charge < -0.3 is 11.1 Å². The van der Waals surface area contributed by atoms with Crippen LogP contribution in [0.1, 0.15) is 0 Å². The van der Waals surface area contributed by atoms with E-state index in [1.807, 2.05) is 6.08 Å². The summed E-state index contributed by atoms with van der Waals surface area (Å²) in [6.07, 6.45) is 5.29. The minimum absolute atomic E-state index is 0.258. The van der Waals surface area contributed by atoms with Gasteiger partial charge in [-0.2, -0.15) is 0 Å². The van der Waals surface area contributed by atoms with E-state index in [2.05, 4.69) is 16.9 Å². The van der Waals surface area contributed by atoms with Crippen molar-refractivity contribution in [3.8, 4) is 0 Å². The van der Waals surface area contributed by atoms with Crippen molar-refractivity contribution >= 4 is 34.8 Å². The van der Waals surface area contributed by atoms with Crippen molar-refractivity contribution in [1.82, 2.24) is 0 Å². The van der Waals surface area contributed by atoms with Gasteiger partial charge in [0.25, 0.3) is 0 Å². The SMILES string of the molecule is C=CC=CCN=C(N)Nc1c(Cl)cccc1Cl. The number of hydrogen-bond donors (Lipinski definition) is 2. The predicted molar refractivity (Wildman–Crippen MR) is 75.9 cm³/mol. The number of nitrogens with one attached hydrogen (secondary N) is 1. The third-order valence-corrected chi connectivity index (χ3v) is 2.48. The number of guanidine groups is 1. The number of halogens is 2. The summed E-state index contributed by atoms with van der Waals surface area (Å²) >= 11 is 11.9. The molecule has 0 radical (unpaired) electrons. The highest BCUT2D eigenvalue weighted by Gasteiger charge is 2.05. The number of aliphatic imine (C=N–C) groups is 1. The number of rotatable bonds is 4. The van der Waals surface area contributed by atoms with Crippen LogP contribution in [0.4, 0.5) is 5.69 Å². The molecule has 5 heteroatoms. The Morgan fingerprint density at radius 3 is 2.65 bits per heavy atom.